The van der Waals surface area contributed by atoms with E-state index in [1.165, 1.54) is 30.6 Å². The standard InChI is InChI=1S/C18H32N4O2.HI/c1-14-7-9-15(10-8-14)13-21(3)18(19-2)20-11-12-22-16(23)5-4-6-17(22)24;/h14-15H,4-13H2,1-3H3,(H,19,20);1H. The van der Waals surface area contributed by atoms with Crippen LogP contribution in [0.5, 0.6) is 0 Å². The Labute approximate surface area is 168 Å². The first-order chi connectivity index (χ1) is 11.5. The Kier molecular flexibility index (Phi) is 9.74. The molecule has 25 heavy (non-hydrogen) atoms. The summed E-state index contributed by atoms with van der Waals surface area (Å²) in [6.07, 6.45) is 6.89. The third-order valence-corrected chi connectivity index (χ3v) is 5.24. The van der Waals surface area contributed by atoms with E-state index in [4.69, 9.17) is 0 Å². The maximum Gasteiger partial charge on any atom is 0.229 e. The van der Waals surface area contributed by atoms with Crippen LogP contribution in [0.15, 0.2) is 4.99 Å². The van der Waals surface area contributed by atoms with E-state index in [1.54, 1.807) is 7.05 Å². The van der Waals surface area contributed by atoms with Gasteiger partial charge in [0, 0.05) is 46.6 Å². The molecular formula is C18H33IN4O2. The lowest BCUT2D eigenvalue weighted by Gasteiger charge is -2.31. The van der Waals surface area contributed by atoms with Gasteiger partial charge in [-0.2, -0.15) is 0 Å². The van der Waals surface area contributed by atoms with E-state index < -0.39 is 0 Å². The molecule has 0 aromatic rings. The number of rotatable bonds is 5. The lowest BCUT2D eigenvalue weighted by atomic mass is 9.83. The summed E-state index contributed by atoms with van der Waals surface area (Å²) >= 11 is 0. The predicted molar refractivity (Wildman–Crippen MR) is 111 cm³/mol. The van der Waals surface area contributed by atoms with Crippen LogP contribution in [0.2, 0.25) is 0 Å². The minimum atomic E-state index is -0.0484. The third kappa shape index (κ3) is 6.75. The smallest absolute Gasteiger partial charge is 0.229 e. The molecule has 2 fully saturated rings. The Bertz CT molecular complexity index is 460. The molecule has 6 nitrogen and oxygen atoms in total. The fraction of sp³-hybridized carbons (Fsp3) is 0.833. The van der Waals surface area contributed by atoms with E-state index in [1.807, 2.05) is 0 Å². The number of carbonyl (C=O) groups is 2. The van der Waals surface area contributed by atoms with Crippen LogP contribution in [-0.4, -0.2) is 61.3 Å². The number of amides is 2. The summed E-state index contributed by atoms with van der Waals surface area (Å²) < 4.78 is 0. The van der Waals surface area contributed by atoms with Gasteiger partial charge < -0.3 is 10.2 Å². The molecule has 1 aliphatic carbocycles. The molecule has 0 aromatic heterocycles. The molecule has 0 aromatic carbocycles. The Morgan fingerprint density at radius 3 is 2.36 bits per heavy atom. The Balaban J connectivity index is 0.00000312. The number of hydrogen-bond donors (Lipinski definition) is 1. The van der Waals surface area contributed by atoms with Crippen LogP contribution >= 0.6 is 24.0 Å². The van der Waals surface area contributed by atoms with Gasteiger partial charge in [0.1, 0.15) is 0 Å². The van der Waals surface area contributed by atoms with Crippen molar-refractivity contribution in [2.45, 2.75) is 51.9 Å². The van der Waals surface area contributed by atoms with E-state index in [9.17, 15) is 9.59 Å². The number of piperidine rings is 1. The summed E-state index contributed by atoms with van der Waals surface area (Å²) in [6, 6.07) is 0. The van der Waals surface area contributed by atoms with Gasteiger partial charge in [-0.3, -0.25) is 19.5 Å². The fourth-order valence-corrected chi connectivity index (χ4v) is 3.70. The van der Waals surface area contributed by atoms with Crippen LogP contribution in [0.25, 0.3) is 0 Å². The summed E-state index contributed by atoms with van der Waals surface area (Å²) in [5, 5.41) is 3.29. The van der Waals surface area contributed by atoms with Gasteiger partial charge in [-0.05, 0) is 31.1 Å². The van der Waals surface area contributed by atoms with Crippen molar-refractivity contribution in [3.8, 4) is 0 Å². The number of nitrogens with one attached hydrogen (secondary N) is 1. The quantitative estimate of drug-likeness (QED) is 0.294. The summed E-state index contributed by atoms with van der Waals surface area (Å²) in [5.41, 5.74) is 0. The number of likely N-dealkylation sites (tertiary alicyclic amines) is 1. The molecule has 0 spiro atoms. The molecule has 2 amide bonds. The highest BCUT2D eigenvalue weighted by Crippen LogP contribution is 2.28. The average molecular weight is 464 g/mol. The summed E-state index contributed by atoms with van der Waals surface area (Å²) in [4.78, 5) is 31.5. The van der Waals surface area contributed by atoms with Crippen LogP contribution in [0.1, 0.15) is 51.9 Å². The summed E-state index contributed by atoms with van der Waals surface area (Å²) in [5.74, 6) is 2.34. The minimum absolute atomic E-state index is 0. The highest BCUT2D eigenvalue weighted by atomic mass is 127. The number of guanidine groups is 1. The van der Waals surface area contributed by atoms with Crippen molar-refractivity contribution in [2.75, 3.05) is 33.7 Å². The van der Waals surface area contributed by atoms with Crippen molar-refractivity contribution < 1.29 is 9.59 Å². The van der Waals surface area contributed by atoms with E-state index in [2.05, 4.69) is 29.2 Å². The molecule has 0 atom stereocenters. The Morgan fingerprint density at radius 1 is 1.20 bits per heavy atom. The maximum absolute atomic E-state index is 11.8. The van der Waals surface area contributed by atoms with Crippen LogP contribution in [0, 0.1) is 11.8 Å². The first-order valence-electron chi connectivity index (χ1n) is 9.26. The molecular weight excluding hydrogens is 431 g/mol. The Morgan fingerprint density at radius 2 is 1.80 bits per heavy atom. The first kappa shape index (κ1) is 22.2. The number of hydrogen-bond acceptors (Lipinski definition) is 3. The lowest BCUT2D eigenvalue weighted by Crippen LogP contribution is -2.47. The van der Waals surface area contributed by atoms with Gasteiger partial charge in [0.15, 0.2) is 5.96 Å². The largest absolute Gasteiger partial charge is 0.354 e. The normalized spacial score (nSPS) is 24.8. The van der Waals surface area contributed by atoms with E-state index in [0.717, 1.165) is 24.3 Å². The van der Waals surface area contributed by atoms with E-state index in [0.29, 0.717) is 32.4 Å². The number of nitrogens with zero attached hydrogens (tertiary/aromatic N) is 3. The van der Waals surface area contributed by atoms with Gasteiger partial charge in [0.05, 0.1) is 0 Å². The topological polar surface area (TPSA) is 65.0 Å². The third-order valence-electron chi connectivity index (χ3n) is 5.24. The van der Waals surface area contributed by atoms with Crippen molar-refractivity contribution in [3.63, 3.8) is 0 Å². The zero-order valence-electron chi connectivity index (χ0n) is 15.8. The second kappa shape index (κ2) is 11.0. The van der Waals surface area contributed by atoms with E-state index >= 15 is 0 Å². The van der Waals surface area contributed by atoms with Crippen LogP contribution in [0.3, 0.4) is 0 Å². The summed E-state index contributed by atoms with van der Waals surface area (Å²) in [6.45, 7) is 4.32. The second-order valence-corrected chi connectivity index (χ2v) is 7.27. The minimum Gasteiger partial charge on any atom is -0.354 e. The van der Waals surface area contributed by atoms with Gasteiger partial charge >= 0.3 is 0 Å². The molecule has 0 unspecified atom stereocenters. The molecule has 1 N–H and O–H groups in total. The lowest BCUT2D eigenvalue weighted by molar-refractivity contribution is -0.147. The zero-order valence-corrected chi connectivity index (χ0v) is 18.1. The molecule has 1 heterocycles. The zero-order chi connectivity index (χ0) is 17.5. The molecule has 2 rings (SSSR count). The highest BCUT2D eigenvalue weighted by molar-refractivity contribution is 14.0. The van der Waals surface area contributed by atoms with E-state index in [-0.39, 0.29) is 35.8 Å². The van der Waals surface area contributed by atoms with Crippen molar-refractivity contribution in [1.29, 1.82) is 0 Å². The molecule has 0 bridgehead atoms. The van der Waals surface area contributed by atoms with Crippen molar-refractivity contribution >= 4 is 41.8 Å². The van der Waals surface area contributed by atoms with Crippen molar-refractivity contribution in [3.05, 3.63) is 0 Å². The number of aliphatic imine (C=N–C) groups is 1. The van der Waals surface area contributed by atoms with Crippen LogP contribution < -0.4 is 5.32 Å². The van der Waals surface area contributed by atoms with Gasteiger partial charge in [-0.15, -0.1) is 24.0 Å². The summed E-state index contributed by atoms with van der Waals surface area (Å²) in [7, 11) is 3.84. The van der Waals surface area contributed by atoms with Gasteiger partial charge in [0.25, 0.3) is 0 Å². The highest BCUT2D eigenvalue weighted by Gasteiger charge is 2.25. The molecule has 1 saturated carbocycles. The molecule has 2 aliphatic rings. The number of carbonyl (C=O) groups excluding carboxylic acids is 2. The van der Waals surface area contributed by atoms with Gasteiger partial charge in [-0.1, -0.05) is 19.8 Å². The van der Waals surface area contributed by atoms with Gasteiger partial charge in [-0.25, -0.2) is 0 Å². The molecule has 0 radical (unpaired) electrons. The first-order valence-corrected chi connectivity index (χ1v) is 9.26. The van der Waals surface area contributed by atoms with Crippen LogP contribution in [0.4, 0.5) is 0 Å². The molecule has 144 valence electrons. The predicted octanol–water partition coefficient (Wildman–Crippen LogP) is 2.48. The SMILES string of the molecule is CN=C(NCCN1C(=O)CCCC1=O)N(C)CC1CCC(C)CC1.I. The molecule has 1 aliphatic heterocycles. The number of imide groups is 1. The monoisotopic (exact) mass is 464 g/mol. The van der Waals surface area contributed by atoms with Crippen molar-refractivity contribution in [2.24, 2.45) is 16.8 Å². The second-order valence-electron chi connectivity index (χ2n) is 7.27. The van der Waals surface area contributed by atoms with Crippen LogP contribution in [-0.2, 0) is 9.59 Å². The molecule has 1 saturated heterocycles. The fourth-order valence-electron chi connectivity index (χ4n) is 3.70. The maximum atomic E-state index is 11.8. The number of halogens is 1. The average Bonchev–Trinajstić information content (AvgIpc) is 2.56. The molecule has 7 heteroatoms. The van der Waals surface area contributed by atoms with Gasteiger partial charge in [0.2, 0.25) is 11.8 Å². The van der Waals surface area contributed by atoms with Crippen molar-refractivity contribution in [1.82, 2.24) is 15.1 Å². The Hall–Kier alpha value is -0.860.